The Labute approximate surface area is 152 Å². The molecule has 1 amide bonds. The standard InChI is InChI=1S/C17H12ClN3O3S/c1-10-15(11-4-2-6-13(18)8-11)19-17(25-10)20-16(22)12-5-3-7-14(9-12)21(23)24/h2-9H,1H3,(H,19,20,22). The fraction of sp³-hybridized carbons (Fsp3) is 0.0588. The van der Waals surface area contributed by atoms with E-state index in [1.807, 2.05) is 19.1 Å². The van der Waals surface area contributed by atoms with Crippen LogP contribution in [0.4, 0.5) is 10.8 Å². The average molecular weight is 374 g/mol. The second-order valence-corrected chi connectivity index (χ2v) is 6.84. The highest BCUT2D eigenvalue weighted by Crippen LogP contribution is 2.31. The van der Waals surface area contributed by atoms with Gasteiger partial charge in [-0.25, -0.2) is 4.98 Å². The molecule has 25 heavy (non-hydrogen) atoms. The zero-order chi connectivity index (χ0) is 18.0. The molecule has 0 bridgehead atoms. The van der Waals surface area contributed by atoms with Crippen molar-refractivity contribution in [1.29, 1.82) is 0 Å². The minimum absolute atomic E-state index is 0.136. The number of nitro groups is 1. The molecular formula is C17H12ClN3O3S. The number of carbonyl (C=O) groups is 1. The van der Waals surface area contributed by atoms with Gasteiger partial charge in [0.05, 0.1) is 10.6 Å². The Hall–Kier alpha value is -2.77. The van der Waals surface area contributed by atoms with E-state index in [1.165, 1.54) is 35.6 Å². The lowest BCUT2D eigenvalue weighted by Crippen LogP contribution is -2.11. The summed E-state index contributed by atoms with van der Waals surface area (Å²) in [7, 11) is 0. The molecule has 1 N–H and O–H groups in total. The summed E-state index contributed by atoms with van der Waals surface area (Å²) in [6.07, 6.45) is 0. The van der Waals surface area contributed by atoms with E-state index in [-0.39, 0.29) is 11.3 Å². The second-order valence-electron chi connectivity index (χ2n) is 5.20. The van der Waals surface area contributed by atoms with Gasteiger partial charge in [-0.1, -0.05) is 29.8 Å². The number of non-ortho nitro benzene ring substituents is 1. The summed E-state index contributed by atoms with van der Waals surface area (Å²) in [6.45, 7) is 1.90. The van der Waals surface area contributed by atoms with Gasteiger partial charge < -0.3 is 0 Å². The van der Waals surface area contributed by atoms with Gasteiger partial charge in [-0.3, -0.25) is 20.2 Å². The SMILES string of the molecule is Cc1sc(NC(=O)c2cccc([N+](=O)[O-])c2)nc1-c1cccc(Cl)c1. The predicted molar refractivity (Wildman–Crippen MR) is 98.3 cm³/mol. The van der Waals surface area contributed by atoms with Gasteiger partial charge in [0.1, 0.15) is 0 Å². The number of amides is 1. The molecule has 0 aliphatic heterocycles. The van der Waals surface area contributed by atoms with E-state index in [4.69, 9.17) is 11.6 Å². The fourth-order valence-corrected chi connectivity index (χ4v) is 3.30. The third-order valence-electron chi connectivity index (χ3n) is 3.43. The number of nitro benzene ring substituents is 1. The topological polar surface area (TPSA) is 85.1 Å². The van der Waals surface area contributed by atoms with E-state index in [1.54, 1.807) is 12.1 Å². The summed E-state index contributed by atoms with van der Waals surface area (Å²) < 4.78 is 0. The lowest BCUT2D eigenvalue weighted by atomic mass is 10.1. The zero-order valence-corrected chi connectivity index (χ0v) is 14.6. The van der Waals surface area contributed by atoms with Crippen LogP contribution in [0, 0.1) is 17.0 Å². The molecule has 6 nitrogen and oxygen atoms in total. The van der Waals surface area contributed by atoms with E-state index in [0.29, 0.717) is 10.2 Å². The number of aryl methyl sites for hydroxylation is 1. The van der Waals surface area contributed by atoms with Crippen molar-refractivity contribution in [2.24, 2.45) is 0 Å². The summed E-state index contributed by atoms with van der Waals surface area (Å²) in [5.74, 6) is -0.449. The van der Waals surface area contributed by atoms with Crippen LogP contribution < -0.4 is 5.32 Å². The van der Waals surface area contributed by atoms with Crippen LogP contribution in [-0.4, -0.2) is 15.8 Å². The molecule has 0 spiro atoms. The number of aromatic nitrogens is 1. The Bertz CT molecular complexity index is 971. The number of halogens is 1. The summed E-state index contributed by atoms with van der Waals surface area (Å²) in [5, 5.41) is 14.5. The van der Waals surface area contributed by atoms with Crippen molar-refractivity contribution in [3.05, 3.63) is 74.1 Å². The highest BCUT2D eigenvalue weighted by molar-refractivity contribution is 7.16. The molecule has 2 aromatic carbocycles. The smallest absolute Gasteiger partial charge is 0.270 e. The lowest BCUT2D eigenvalue weighted by Gasteiger charge is -2.01. The molecule has 0 saturated heterocycles. The molecule has 126 valence electrons. The Morgan fingerprint density at radius 3 is 2.72 bits per heavy atom. The van der Waals surface area contributed by atoms with Gasteiger partial charge in [0.2, 0.25) is 0 Å². The summed E-state index contributed by atoms with van der Waals surface area (Å²) in [6, 6.07) is 12.8. The van der Waals surface area contributed by atoms with Crippen LogP contribution in [0.5, 0.6) is 0 Å². The molecule has 0 atom stereocenters. The number of nitrogens with zero attached hydrogens (tertiary/aromatic N) is 2. The normalized spacial score (nSPS) is 10.5. The van der Waals surface area contributed by atoms with Gasteiger partial charge in [-0.2, -0.15) is 0 Å². The number of hydrogen-bond acceptors (Lipinski definition) is 5. The van der Waals surface area contributed by atoms with Crippen LogP contribution in [-0.2, 0) is 0 Å². The number of anilines is 1. The molecule has 3 aromatic rings. The van der Waals surface area contributed by atoms with Crippen LogP contribution in [0.15, 0.2) is 48.5 Å². The number of carbonyl (C=O) groups excluding carboxylic acids is 1. The minimum Gasteiger partial charge on any atom is -0.298 e. The largest absolute Gasteiger partial charge is 0.298 e. The van der Waals surface area contributed by atoms with Crippen LogP contribution >= 0.6 is 22.9 Å². The number of rotatable bonds is 4. The van der Waals surface area contributed by atoms with E-state index in [0.717, 1.165) is 16.1 Å². The highest BCUT2D eigenvalue weighted by atomic mass is 35.5. The van der Waals surface area contributed by atoms with E-state index < -0.39 is 10.8 Å². The van der Waals surface area contributed by atoms with E-state index in [2.05, 4.69) is 10.3 Å². The lowest BCUT2D eigenvalue weighted by molar-refractivity contribution is -0.384. The summed E-state index contributed by atoms with van der Waals surface area (Å²) >= 11 is 7.34. The van der Waals surface area contributed by atoms with Crippen molar-refractivity contribution >= 4 is 39.7 Å². The molecule has 0 unspecified atom stereocenters. The minimum atomic E-state index is -0.540. The molecule has 0 aliphatic rings. The Morgan fingerprint density at radius 2 is 2.00 bits per heavy atom. The molecule has 1 heterocycles. The monoisotopic (exact) mass is 373 g/mol. The first-order valence-corrected chi connectivity index (χ1v) is 8.42. The Kier molecular flexibility index (Phi) is 4.78. The van der Waals surface area contributed by atoms with Gasteiger partial charge >= 0.3 is 0 Å². The summed E-state index contributed by atoms with van der Waals surface area (Å²) in [5.41, 5.74) is 1.66. The van der Waals surface area contributed by atoms with Crippen molar-refractivity contribution in [2.45, 2.75) is 6.92 Å². The molecule has 0 radical (unpaired) electrons. The zero-order valence-electron chi connectivity index (χ0n) is 13.0. The predicted octanol–water partition coefficient (Wildman–Crippen LogP) is 4.93. The van der Waals surface area contributed by atoms with Gasteiger partial charge in [0.15, 0.2) is 5.13 Å². The highest BCUT2D eigenvalue weighted by Gasteiger charge is 2.15. The molecule has 1 aromatic heterocycles. The van der Waals surface area contributed by atoms with Crippen molar-refractivity contribution < 1.29 is 9.72 Å². The number of thiazole rings is 1. The molecule has 0 aliphatic carbocycles. The van der Waals surface area contributed by atoms with Gasteiger partial charge in [0, 0.05) is 33.2 Å². The van der Waals surface area contributed by atoms with Crippen molar-refractivity contribution in [2.75, 3.05) is 5.32 Å². The summed E-state index contributed by atoms with van der Waals surface area (Å²) in [4.78, 5) is 28.0. The Morgan fingerprint density at radius 1 is 1.24 bits per heavy atom. The van der Waals surface area contributed by atoms with Gasteiger partial charge in [-0.05, 0) is 25.1 Å². The van der Waals surface area contributed by atoms with Crippen LogP contribution in [0.1, 0.15) is 15.2 Å². The van der Waals surface area contributed by atoms with Crippen molar-refractivity contribution in [3.8, 4) is 11.3 Å². The fourth-order valence-electron chi connectivity index (χ4n) is 2.28. The maximum atomic E-state index is 12.3. The van der Waals surface area contributed by atoms with Gasteiger partial charge in [0.25, 0.3) is 11.6 Å². The van der Waals surface area contributed by atoms with Crippen LogP contribution in [0.25, 0.3) is 11.3 Å². The first-order valence-electron chi connectivity index (χ1n) is 7.23. The quantitative estimate of drug-likeness (QED) is 0.518. The first kappa shape index (κ1) is 17.1. The average Bonchev–Trinajstić information content (AvgIpc) is 2.95. The van der Waals surface area contributed by atoms with Gasteiger partial charge in [-0.15, -0.1) is 11.3 Å². The second kappa shape index (κ2) is 7.00. The maximum absolute atomic E-state index is 12.3. The number of benzene rings is 2. The molecule has 8 heteroatoms. The third-order valence-corrected chi connectivity index (χ3v) is 4.56. The van der Waals surface area contributed by atoms with Crippen molar-refractivity contribution in [3.63, 3.8) is 0 Å². The van der Waals surface area contributed by atoms with Crippen LogP contribution in [0.2, 0.25) is 5.02 Å². The van der Waals surface area contributed by atoms with E-state index >= 15 is 0 Å². The number of nitrogens with one attached hydrogen (secondary N) is 1. The molecular weight excluding hydrogens is 362 g/mol. The molecule has 0 saturated carbocycles. The van der Waals surface area contributed by atoms with E-state index in [9.17, 15) is 14.9 Å². The van der Waals surface area contributed by atoms with Crippen molar-refractivity contribution in [1.82, 2.24) is 4.98 Å². The maximum Gasteiger partial charge on any atom is 0.270 e. The van der Waals surface area contributed by atoms with Crippen LogP contribution in [0.3, 0.4) is 0 Å². The molecule has 3 rings (SSSR count). The Balaban J connectivity index is 1.84. The third kappa shape index (κ3) is 3.84. The molecule has 0 fully saturated rings. The number of hydrogen-bond donors (Lipinski definition) is 1. The first-order chi connectivity index (χ1) is 11.9.